The quantitative estimate of drug-likeness (QED) is 0.570. The van der Waals surface area contributed by atoms with E-state index in [0.29, 0.717) is 0 Å². The Hall–Kier alpha value is -3.98. The number of nitro groups is 4. The maximum atomic E-state index is 10.9. The molecule has 2 aromatic rings. The Kier molecular flexibility index (Phi) is 3.18. The van der Waals surface area contributed by atoms with Gasteiger partial charge in [-0.1, -0.05) is 0 Å². The molecule has 0 bridgehead atoms. The van der Waals surface area contributed by atoms with Gasteiger partial charge in [0.25, 0.3) is 0 Å². The molecule has 0 aromatic carbocycles. The fourth-order valence-corrected chi connectivity index (χ4v) is 1.64. The highest BCUT2D eigenvalue weighted by atomic mass is 16.6. The predicted octanol–water partition coefficient (Wildman–Crippen LogP) is 0.433. The third kappa shape index (κ3) is 2.05. The molecule has 0 aliphatic rings. The van der Waals surface area contributed by atoms with Crippen molar-refractivity contribution in [2.45, 2.75) is 0 Å². The molecule has 2 N–H and O–H groups in total. The maximum Gasteiger partial charge on any atom is 0.428 e. The number of rotatable bonds is 5. The summed E-state index contributed by atoms with van der Waals surface area (Å²) in [4.78, 5) is 38.7. The molecule has 0 unspecified atom stereocenters. The van der Waals surface area contributed by atoms with Crippen LogP contribution in [0.25, 0.3) is 11.1 Å². The molecule has 114 valence electrons. The van der Waals surface area contributed by atoms with Crippen molar-refractivity contribution in [3.8, 4) is 11.1 Å². The highest BCUT2D eigenvalue weighted by Gasteiger charge is 2.44. The van der Waals surface area contributed by atoms with Crippen LogP contribution in [0.4, 0.5) is 23.3 Å². The van der Waals surface area contributed by atoms with E-state index in [4.69, 9.17) is 0 Å². The molecular weight excluding hydrogens is 312 g/mol. The van der Waals surface area contributed by atoms with E-state index in [2.05, 4.69) is 10.2 Å². The van der Waals surface area contributed by atoms with Gasteiger partial charge in [-0.25, -0.2) is 0 Å². The lowest BCUT2D eigenvalue weighted by atomic mass is 10.1. The molecule has 16 nitrogen and oxygen atoms in total. The van der Waals surface area contributed by atoms with Gasteiger partial charge in [-0.2, -0.15) is 0 Å². The molecule has 2 heterocycles. The normalized spacial score (nSPS) is 10.4. The van der Waals surface area contributed by atoms with Crippen molar-refractivity contribution in [3.63, 3.8) is 0 Å². The standard InChI is InChI=1S/C6H2N8O8/c15-11(16)3-1(4(8-7-3)12(17)18)2-5(13(19)20)9-10-6(2)14(21)22/h(H,7,8)(H,9,10). The van der Waals surface area contributed by atoms with E-state index in [-0.39, 0.29) is 0 Å². The van der Waals surface area contributed by atoms with Crippen LogP contribution in [0.2, 0.25) is 0 Å². The zero-order chi connectivity index (χ0) is 16.6. The Balaban J connectivity index is 2.92. The van der Waals surface area contributed by atoms with Crippen molar-refractivity contribution >= 4 is 23.3 Å². The number of nitrogens with zero attached hydrogens (tertiary/aromatic N) is 6. The minimum absolute atomic E-state index is 1.01. The molecule has 16 heteroatoms. The Labute approximate surface area is 116 Å². The lowest BCUT2D eigenvalue weighted by Crippen LogP contribution is -1.98. The van der Waals surface area contributed by atoms with Crippen LogP contribution >= 0.6 is 0 Å². The van der Waals surface area contributed by atoms with Gasteiger partial charge >= 0.3 is 23.3 Å². The largest absolute Gasteiger partial charge is 0.428 e. The second kappa shape index (κ2) is 4.85. The first kappa shape index (κ1) is 14.4. The Bertz CT molecular complexity index is 687. The summed E-state index contributed by atoms with van der Waals surface area (Å²) in [6, 6.07) is 0. The number of aromatic amines is 2. The van der Waals surface area contributed by atoms with Gasteiger partial charge in [0.15, 0.2) is 11.1 Å². The number of hydrogen-bond acceptors (Lipinski definition) is 10. The summed E-state index contributed by atoms with van der Waals surface area (Å²) >= 11 is 0. The van der Waals surface area contributed by atoms with Crippen LogP contribution in [0, 0.1) is 40.5 Å². The molecule has 2 aromatic heterocycles. The highest BCUT2D eigenvalue weighted by molar-refractivity contribution is 5.88. The van der Waals surface area contributed by atoms with E-state index in [1.165, 1.54) is 0 Å². The van der Waals surface area contributed by atoms with Crippen LogP contribution in [0.15, 0.2) is 0 Å². The van der Waals surface area contributed by atoms with Gasteiger partial charge in [0, 0.05) is 0 Å². The van der Waals surface area contributed by atoms with Crippen LogP contribution in [0.3, 0.4) is 0 Å². The molecule has 0 aliphatic carbocycles. The first-order valence-electron chi connectivity index (χ1n) is 5.00. The van der Waals surface area contributed by atoms with Gasteiger partial charge < -0.3 is 40.5 Å². The summed E-state index contributed by atoms with van der Waals surface area (Å²) in [5, 5.41) is 52.9. The van der Waals surface area contributed by atoms with Crippen molar-refractivity contribution in [1.29, 1.82) is 0 Å². The fourth-order valence-electron chi connectivity index (χ4n) is 1.64. The number of nitrogens with one attached hydrogen (secondary N) is 2. The second-order valence-corrected chi connectivity index (χ2v) is 3.57. The van der Waals surface area contributed by atoms with Gasteiger partial charge in [-0.05, 0) is 29.9 Å². The van der Waals surface area contributed by atoms with Crippen molar-refractivity contribution in [3.05, 3.63) is 40.5 Å². The van der Waals surface area contributed by atoms with E-state index < -0.39 is 54.1 Å². The maximum absolute atomic E-state index is 10.9. The van der Waals surface area contributed by atoms with Crippen LogP contribution < -0.4 is 0 Å². The van der Waals surface area contributed by atoms with Gasteiger partial charge in [0.1, 0.15) is 10.2 Å². The van der Waals surface area contributed by atoms with Crippen molar-refractivity contribution in [2.24, 2.45) is 0 Å². The zero-order valence-electron chi connectivity index (χ0n) is 9.95. The Morgan fingerprint density at radius 3 is 1.18 bits per heavy atom. The summed E-state index contributed by atoms with van der Waals surface area (Å²) in [7, 11) is 0. The summed E-state index contributed by atoms with van der Waals surface area (Å²) in [5.74, 6) is -4.59. The van der Waals surface area contributed by atoms with Crippen LogP contribution in [-0.2, 0) is 0 Å². The molecular formula is C6H2N8O8. The summed E-state index contributed by atoms with van der Waals surface area (Å²) in [6.07, 6.45) is 0. The molecule has 22 heavy (non-hydrogen) atoms. The number of hydrogen-bond donors (Lipinski definition) is 2. The smallest absolute Gasteiger partial charge is 0.358 e. The monoisotopic (exact) mass is 314 g/mol. The van der Waals surface area contributed by atoms with Crippen molar-refractivity contribution in [2.75, 3.05) is 0 Å². The lowest BCUT2D eigenvalue weighted by molar-refractivity contribution is -0.397. The first-order valence-corrected chi connectivity index (χ1v) is 5.00. The topological polar surface area (TPSA) is 230 Å². The molecule has 0 amide bonds. The molecule has 0 fully saturated rings. The molecule has 0 radical (unpaired) electrons. The summed E-state index contributed by atoms with van der Waals surface area (Å²) in [6.45, 7) is 0. The van der Waals surface area contributed by atoms with Gasteiger partial charge in [-0.15, -0.1) is 0 Å². The first-order chi connectivity index (χ1) is 10.3. The van der Waals surface area contributed by atoms with Crippen LogP contribution in [0.5, 0.6) is 0 Å². The summed E-state index contributed by atoms with van der Waals surface area (Å²) in [5.41, 5.74) is -2.02. The SMILES string of the molecule is O=[N+]([O-])c1n[nH]c([N+](=O)[O-])c1-c1c([N+](=O)[O-])n[nH]c1[N+](=O)[O-]. The Morgan fingerprint density at radius 1 is 0.636 bits per heavy atom. The molecule has 0 saturated carbocycles. The fraction of sp³-hybridized carbons (Fsp3) is 0. The van der Waals surface area contributed by atoms with E-state index in [9.17, 15) is 40.5 Å². The molecule has 0 saturated heterocycles. The minimum atomic E-state index is -1.18. The minimum Gasteiger partial charge on any atom is -0.358 e. The van der Waals surface area contributed by atoms with Crippen LogP contribution in [0.1, 0.15) is 0 Å². The van der Waals surface area contributed by atoms with Crippen LogP contribution in [-0.4, -0.2) is 40.1 Å². The highest BCUT2D eigenvalue weighted by Crippen LogP contribution is 2.44. The van der Waals surface area contributed by atoms with E-state index >= 15 is 0 Å². The number of aromatic nitrogens is 4. The summed E-state index contributed by atoms with van der Waals surface area (Å²) < 4.78 is 0. The third-order valence-electron chi connectivity index (χ3n) is 2.42. The second-order valence-electron chi connectivity index (χ2n) is 3.57. The van der Waals surface area contributed by atoms with Gasteiger partial charge in [0.2, 0.25) is 0 Å². The van der Waals surface area contributed by atoms with Gasteiger partial charge in [-0.3, -0.25) is 0 Å². The van der Waals surface area contributed by atoms with E-state index in [1.807, 2.05) is 0 Å². The van der Waals surface area contributed by atoms with E-state index in [1.54, 1.807) is 10.2 Å². The lowest BCUT2D eigenvalue weighted by Gasteiger charge is -1.97. The molecule has 0 atom stereocenters. The third-order valence-corrected chi connectivity index (χ3v) is 2.42. The zero-order valence-corrected chi connectivity index (χ0v) is 9.95. The Morgan fingerprint density at radius 2 is 0.955 bits per heavy atom. The average molecular weight is 314 g/mol. The van der Waals surface area contributed by atoms with E-state index in [0.717, 1.165) is 0 Å². The van der Waals surface area contributed by atoms with Crippen molar-refractivity contribution < 1.29 is 19.7 Å². The molecule has 0 aliphatic heterocycles. The molecule has 0 spiro atoms. The average Bonchev–Trinajstić information content (AvgIpc) is 3.01. The molecule has 2 rings (SSSR count). The predicted molar refractivity (Wildman–Crippen MR) is 62.8 cm³/mol. The number of H-pyrrole nitrogens is 2. The van der Waals surface area contributed by atoms with Gasteiger partial charge in [0.05, 0.1) is 0 Å². The van der Waals surface area contributed by atoms with Crippen molar-refractivity contribution in [1.82, 2.24) is 20.4 Å².